The predicted molar refractivity (Wildman–Crippen MR) is 226 cm³/mol. The molecule has 0 radical (unpaired) electrons. The van der Waals surface area contributed by atoms with Gasteiger partial charge in [0.05, 0.1) is 11.4 Å². The zero-order valence-electron chi connectivity index (χ0n) is 31.1. The number of nitrogens with zero attached hydrogens (tertiary/aromatic N) is 2. The van der Waals surface area contributed by atoms with E-state index in [2.05, 4.69) is 209 Å². The first-order valence-electron chi connectivity index (χ1n) is 18.6. The van der Waals surface area contributed by atoms with Crippen molar-refractivity contribution < 1.29 is 0 Å². The van der Waals surface area contributed by atoms with Crippen LogP contribution < -0.4 is 9.80 Å². The molecule has 52 heavy (non-hydrogen) atoms. The third-order valence-electron chi connectivity index (χ3n) is 10.5. The lowest BCUT2D eigenvalue weighted by Gasteiger charge is -2.30. The highest BCUT2D eigenvalue weighted by Gasteiger charge is 2.22. The lowest BCUT2D eigenvalue weighted by atomic mass is 9.93. The lowest BCUT2D eigenvalue weighted by Crippen LogP contribution is -2.12. The molecule has 0 aliphatic carbocycles. The molecule has 0 aliphatic heterocycles. The van der Waals surface area contributed by atoms with Crippen molar-refractivity contribution in [1.29, 1.82) is 0 Å². The van der Waals surface area contributed by atoms with Gasteiger partial charge in [-0.1, -0.05) is 125 Å². The summed E-state index contributed by atoms with van der Waals surface area (Å²) in [6.45, 7) is 13.4. The van der Waals surface area contributed by atoms with Gasteiger partial charge >= 0.3 is 0 Å². The van der Waals surface area contributed by atoms with Crippen molar-refractivity contribution in [2.45, 2.75) is 53.4 Å². The second kappa shape index (κ2) is 13.7. The van der Waals surface area contributed by atoms with E-state index in [0.717, 1.165) is 22.7 Å². The first kappa shape index (κ1) is 33.3. The molecule has 8 rings (SSSR count). The van der Waals surface area contributed by atoms with E-state index in [1.165, 1.54) is 65.9 Å². The molecule has 0 saturated heterocycles. The highest BCUT2D eigenvalue weighted by molar-refractivity contribution is 6.24. The highest BCUT2D eigenvalue weighted by Crippen LogP contribution is 2.47. The minimum Gasteiger partial charge on any atom is -0.310 e. The van der Waals surface area contributed by atoms with Gasteiger partial charge in [-0.3, -0.25) is 0 Å². The maximum absolute atomic E-state index is 2.44. The van der Waals surface area contributed by atoms with Crippen LogP contribution >= 0.6 is 0 Å². The van der Waals surface area contributed by atoms with Gasteiger partial charge < -0.3 is 9.80 Å². The Morgan fingerprint density at radius 1 is 0.327 bits per heavy atom. The zero-order valence-corrected chi connectivity index (χ0v) is 31.1. The Morgan fingerprint density at radius 2 is 0.692 bits per heavy atom. The molecule has 0 unspecified atom stereocenters. The summed E-state index contributed by atoms with van der Waals surface area (Å²) in [5, 5.41) is 7.38. The van der Waals surface area contributed by atoms with Gasteiger partial charge in [0.1, 0.15) is 0 Å². The third kappa shape index (κ3) is 6.09. The quantitative estimate of drug-likeness (QED) is 0.148. The molecule has 0 aromatic heterocycles. The second-order valence-electron chi connectivity index (χ2n) is 14.8. The van der Waals surface area contributed by atoms with E-state index in [-0.39, 0.29) is 0 Å². The van der Waals surface area contributed by atoms with Gasteiger partial charge in [-0.05, 0) is 130 Å². The average molecular weight is 675 g/mol. The largest absolute Gasteiger partial charge is 0.310 e. The zero-order chi connectivity index (χ0) is 35.9. The normalized spacial score (nSPS) is 11.6. The molecule has 8 aromatic carbocycles. The Bertz CT molecular complexity index is 2360. The van der Waals surface area contributed by atoms with E-state index in [1.807, 2.05) is 0 Å². The van der Waals surface area contributed by atoms with Gasteiger partial charge in [0.15, 0.2) is 0 Å². The summed E-state index contributed by atoms with van der Waals surface area (Å²) in [5.41, 5.74) is 12.1. The van der Waals surface area contributed by atoms with Gasteiger partial charge in [-0.15, -0.1) is 0 Å². The van der Waals surface area contributed by atoms with E-state index in [9.17, 15) is 0 Å². The van der Waals surface area contributed by atoms with E-state index >= 15 is 0 Å². The van der Waals surface area contributed by atoms with Gasteiger partial charge in [0.2, 0.25) is 0 Å². The number of aryl methyl sites for hydroxylation is 2. The minimum absolute atomic E-state index is 0.469. The molecule has 0 aliphatic rings. The molecule has 0 heterocycles. The molecule has 256 valence electrons. The fourth-order valence-corrected chi connectivity index (χ4v) is 7.69. The van der Waals surface area contributed by atoms with Crippen molar-refractivity contribution in [3.05, 3.63) is 180 Å². The van der Waals surface area contributed by atoms with Gasteiger partial charge in [0.25, 0.3) is 0 Å². The molecule has 0 atom stereocenters. The molecule has 0 N–H and O–H groups in total. The Kier molecular flexibility index (Phi) is 8.77. The van der Waals surface area contributed by atoms with Crippen LogP contribution in [0.15, 0.2) is 158 Å². The van der Waals surface area contributed by atoms with Crippen LogP contribution in [0.5, 0.6) is 0 Å². The fourth-order valence-electron chi connectivity index (χ4n) is 7.69. The van der Waals surface area contributed by atoms with Crippen molar-refractivity contribution in [1.82, 2.24) is 0 Å². The Morgan fingerprint density at radius 3 is 1.04 bits per heavy atom. The molecular formula is C50H46N2. The van der Waals surface area contributed by atoms with Crippen LogP contribution in [0.2, 0.25) is 0 Å². The number of hydrogen-bond acceptors (Lipinski definition) is 2. The van der Waals surface area contributed by atoms with Crippen molar-refractivity contribution >= 4 is 66.4 Å². The van der Waals surface area contributed by atoms with Crippen LogP contribution in [-0.2, 0) is 0 Å². The van der Waals surface area contributed by atoms with Crippen LogP contribution in [0, 0.1) is 13.8 Å². The summed E-state index contributed by atoms with van der Waals surface area (Å²) in [4.78, 5) is 4.88. The van der Waals surface area contributed by atoms with Crippen molar-refractivity contribution in [2.75, 3.05) is 9.80 Å². The summed E-state index contributed by atoms with van der Waals surface area (Å²) >= 11 is 0. The maximum Gasteiger partial charge on any atom is 0.0546 e. The van der Waals surface area contributed by atoms with Crippen molar-refractivity contribution in [3.63, 3.8) is 0 Å². The summed E-state index contributed by atoms with van der Waals surface area (Å²) < 4.78 is 0. The predicted octanol–water partition coefficient (Wildman–Crippen LogP) is 14.9. The highest BCUT2D eigenvalue weighted by atomic mass is 15.2. The van der Waals surface area contributed by atoms with Gasteiger partial charge in [-0.25, -0.2) is 0 Å². The Labute approximate surface area is 308 Å². The molecule has 0 spiro atoms. The number of hydrogen-bond donors (Lipinski definition) is 0. The van der Waals surface area contributed by atoms with Crippen LogP contribution in [0.4, 0.5) is 34.1 Å². The first-order chi connectivity index (χ1) is 25.3. The smallest absolute Gasteiger partial charge is 0.0546 e. The first-order valence-corrected chi connectivity index (χ1v) is 18.6. The average Bonchev–Trinajstić information content (AvgIpc) is 3.16. The molecule has 8 aromatic rings. The van der Waals surface area contributed by atoms with Crippen molar-refractivity contribution in [2.24, 2.45) is 0 Å². The summed E-state index contributed by atoms with van der Waals surface area (Å²) in [6, 6.07) is 58.7. The standard InChI is InChI=1S/C50H46N2/c1-33(2)37-21-25-39(26-22-37)51(41-15-11-13-35(5)29-41)49-31-47-44-18-8-10-20-46(44)50(32-48(47)43-17-7-9-19-45(43)49)52(42-16-12-14-36(6)30-42)40-27-23-38(24-28-40)34(3)4/h7-34H,1-6H3. The summed E-state index contributed by atoms with van der Waals surface area (Å²) in [7, 11) is 0. The third-order valence-corrected chi connectivity index (χ3v) is 10.5. The molecular weight excluding hydrogens is 629 g/mol. The van der Waals surface area contributed by atoms with E-state index in [1.54, 1.807) is 0 Å². The van der Waals surface area contributed by atoms with Crippen LogP contribution in [0.3, 0.4) is 0 Å². The molecule has 2 heteroatoms. The van der Waals surface area contributed by atoms with Crippen LogP contribution in [-0.4, -0.2) is 0 Å². The lowest BCUT2D eigenvalue weighted by molar-refractivity contribution is 0.866. The minimum atomic E-state index is 0.469. The SMILES string of the molecule is Cc1cccc(N(c2ccc(C(C)C)cc2)c2cc3c4ccccc4c(N(c4ccc(C(C)C)cc4)c4cccc(C)c4)cc3c3ccccc23)c1. The molecule has 2 nitrogen and oxygen atoms in total. The summed E-state index contributed by atoms with van der Waals surface area (Å²) in [6.07, 6.45) is 0. The fraction of sp³-hybridized carbons (Fsp3) is 0.160. The van der Waals surface area contributed by atoms with E-state index in [4.69, 9.17) is 0 Å². The summed E-state index contributed by atoms with van der Waals surface area (Å²) in [5.74, 6) is 0.937. The maximum atomic E-state index is 2.44. The number of fused-ring (bicyclic) bond motifs is 5. The molecule has 0 fully saturated rings. The Balaban J connectivity index is 1.43. The number of rotatable bonds is 8. The van der Waals surface area contributed by atoms with E-state index in [0.29, 0.717) is 11.8 Å². The van der Waals surface area contributed by atoms with Gasteiger partial charge in [0, 0.05) is 33.5 Å². The number of anilines is 6. The molecule has 0 saturated carbocycles. The monoisotopic (exact) mass is 674 g/mol. The molecule has 0 bridgehead atoms. The van der Waals surface area contributed by atoms with Gasteiger partial charge in [-0.2, -0.15) is 0 Å². The van der Waals surface area contributed by atoms with Crippen LogP contribution in [0.1, 0.15) is 61.8 Å². The molecule has 0 amide bonds. The topological polar surface area (TPSA) is 6.48 Å². The number of benzene rings is 8. The van der Waals surface area contributed by atoms with E-state index < -0.39 is 0 Å². The Hall–Kier alpha value is -5.86. The second-order valence-corrected chi connectivity index (χ2v) is 14.8. The van der Waals surface area contributed by atoms with Crippen molar-refractivity contribution in [3.8, 4) is 0 Å². The van der Waals surface area contributed by atoms with Crippen LogP contribution in [0.25, 0.3) is 32.3 Å².